The average Bonchev–Trinajstić information content (AvgIpc) is 2.44. The molecule has 0 fully saturated rings. The number of carbonyl (C=O) groups excluding carboxylic acids is 2. The molecule has 116 valence electrons. The number of esters is 1. The Kier molecular flexibility index (Phi) is 5.45. The highest BCUT2D eigenvalue weighted by atomic mass is 32.2. The maximum absolute atomic E-state index is 11.8. The Hall–Kier alpha value is -1.93. The molecule has 0 saturated heterocycles. The summed E-state index contributed by atoms with van der Waals surface area (Å²) in [6.07, 6.45) is 1.01. The highest BCUT2D eigenvalue weighted by Gasteiger charge is 2.17. The van der Waals surface area contributed by atoms with E-state index >= 15 is 0 Å². The molecule has 0 spiro atoms. The van der Waals surface area contributed by atoms with Crippen LogP contribution in [0.5, 0.6) is 0 Å². The predicted molar refractivity (Wildman–Crippen MR) is 77.7 cm³/mol. The van der Waals surface area contributed by atoms with Crippen LogP contribution in [0.3, 0.4) is 0 Å². The second kappa shape index (κ2) is 6.68. The number of nitrogens with two attached hydrogens (primary N) is 1. The van der Waals surface area contributed by atoms with Crippen molar-refractivity contribution in [2.75, 3.05) is 25.2 Å². The molecule has 1 aromatic carbocycles. The first-order valence-corrected chi connectivity index (χ1v) is 8.02. The van der Waals surface area contributed by atoms with Crippen molar-refractivity contribution in [3.63, 3.8) is 0 Å². The van der Waals surface area contributed by atoms with Crippen LogP contribution in [0.1, 0.15) is 17.3 Å². The molecule has 0 radical (unpaired) electrons. The summed E-state index contributed by atoms with van der Waals surface area (Å²) in [6, 6.07) is 3.83. The predicted octanol–water partition coefficient (Wildman–Crippen LogP) is 0.410. The van der Waals surface area contributed by atoms with Gasteiger partial charge in [-0.3, -0.25) is 4.79 Å². The highest BCUT2D eigenvalue weighted by molar-refractivity contribution is 7.90. The molecule has 1 rings (SSSR count). The summed E-state index contributed by atoms with van der Waals surface area (Å²) in [7, 11) is -2.35. The van der Waals surface area contributed by atoms with Gasteiger partial charge in [0.2, 0.25) is 5.91 Å². The van der Waals surface area contributed by atoms with Gasteiger partial charge in [0.05, 0.1) is 17.6 Å². The van der Waals surface area contributed by atoms with E-state index in [9.17, 15) is 18.0 Å². The van der Waals surface area contributed by atoms with Crippen molar-refractivity contribution < 1.29 is 22.7 Å². The van der Waals surface area contributed by atoms with E-state index in [1.807, 2.05) is 0 Å². The molecule has 8 heteroatoms. The Morgan fingerprint density at radius 3 is 2.43 bits per heavy atom. The monoisotopic (exact) mass is 314 g/mol. The number of rotatable bonds is 5. The zero-order chi connectivity index (χ0) is 16.2. The summed E-state index contributed by atoms with van der Waals surface area (Å²) < 4.78 is 27.8. The first-order chi connectivity index (χ1) is 9.68. The van der Waals surface area contributed by atoms with Crippen molar-refractivity contribution in [1.29, 1.82) is 0 Å². The molecule has 0 heterocycles. The average molecular weight is 314 g/mol. The van der Waals surface area contributed by atoms with Crippen LogP contribution in [0.15, 0.2) is 23.1 Å². The van der Waals surface area contributed by atoms with Gasteiger partial charge in [-0.25, -0.2) is 13.2 Å². The number of benzene rings is 1. The second-order valence-corrected chi connectivity index (χ2v) is 6.65. The third-order valence-corrected chi connectivity index (χ3v) is 3.92. The molecule has 21 heavy (non-hydrogen) atoms. The molecule has 3 N–H and O–H groups in total. The summed E-state index contributed by atoms with van der Waals surface area (Å²) in [5.74, 6) is -1.49. The minimum atomic E-state index is -3.53. The van der Waals surface area contributed by atoms with Crippen LogP contribution in [0.2, 0.25) is 0 Å². The molecular formula is C13H18N2O5S. The molecule has 1 aromatic rings. The summed E-state index contributed by atoms with van der Waals surface area (Å²) in [5, 5.41) is 2.53. The fourth-order valence-electron chi connectivity index (χ4n) is 1.49. The Morgan fingerprint density at radius 2 is 1.95 bits per heavy atom. The maximum Gasteiger partial charge on any atom is 0.337 e. The molecular weight excluding hydrogens is 296 g/mol. The van der Waals surface area contributed by atoms with Crippen molar-refractivity contribution in [3.8, 4) is 0 Å². The molecule has 1 atom stereocenters. The molecule has 1 unspecified atom stereocenters. The van der Waals surface area contributed by atoms with E-state index in [1.165, 1.54) is 25.3 Å². The summed E-state index contributed by atoms with van der Waals surface area (Å²) in [5.41, 5.74) is 5.63. The Labute approximate surface area is 123 Å². The maximum atomic E-state index is 11.8. The number of hydrogen-bond acceptors (Lipinski definition) is 6. The Bertz CT molecular complexity index is 655. The van der Waals surface area contributed by atoms with Crippen molar-refractivity contribution in [2.45, 2.75) is 11.8 Å². The van der Waals surface area contributed by atoms with Crippen molar-refractivity contribution in [2.24, 2.45) is 11.7 Å². The van der Waals surface area contributed by atoms with E-state index in [4.69, 9.17) is 5.73 Å². The molecule has 0 aliphatic heterocycles. The quantitative estimate of drug-likeness (QED) is 0.761. The fraction of sp³-hybridized carbons (Fsp3) is 0.385. The fourth-order valence-corrected chi connectivity index (χ4v) is 2.18. The molecule has 1 amide bonds. The van der Waals surface area contributed by atoms with Crippen molar-refractivity contribution in [3.05, 3.63) is 23.8 Å². The molecule has 0 saturated carbocycles. The number of sulfone groups is 1. The SMILES string of the molecule is COC(=O)c1cc(NC(=O)C(C)CN)cc(S(C)(=O)=O)c1. The summed E-state index contributed by atoms with van der Waals surface area (Å²) in [4.78, 5) is 23.3. The zero-order valence-electron chi connectivity index (χ0n) is 12.0. The van der Waals surface area contributed by atoms with Crippen LogP contribution in [0, 0.1) is 5.92 Å². The van der Waals surface area contributed by atoms with Crippen LogP contribution in [-0.2, 0) is 19.4 Å². The highest BCUT2D eigenvalue weighted by Crippen LogP contribution is 2.20. The summed E-state index contributed by atoms with van der Waals surface area (Å²) in [6.45, 7) is 1.79. The van der Waals surface area contributed by atoms with Crippen LogP contribution in [-0.4, -0.2) is 40.2 Å². The molecule has 7 nitrogen and oxygen atoms in total. The van der Waals surface area contributed by atoms with E-state index in [-0.39, 0.29) is 28.6 Å². The Balaban J connectivity index is 3.26. The largest absolute Gasteiger partial charge is 0.465 e. The number of amides is 1. The van der Waals surface area contributed by atoms with Gasteiger partial charge in [0.1, 0.15) is 0 Å². The number of anilines is 1. The number of ether oxygens (including phenoxy) is 1. The van der Waals surface area contributed by atoms with Crippen LogP contribution in [0.4, 0.5) is 5.69 Å². The van der Waals surface area contributed by atoms with Gasteiger partial charge in [-0.15, -0.1) is 0 Å². The molecule has 0 aliphatic carbocycles. The van der Waals surface area contributed by atoms with Gasteiger partial charge in [0, 0.05) is 24.4 Å². The lowest BCUT2D eigenvalue weighted by molar-refractivity contribution is -0.119. The normalized spacial score (nSPS) is 12.6. The van der Waals surface area contributed by atoms with Crippen LogP contribution < -0.4 is 11.1 Å². The zero-order valence-corrected chi connectivity index (χ0v) is 12.9. The molecule has 0 bridgehead atoms. The van der Waals surface area contributed by atoms with E-state index in [0.29, 0.717) is 0 Å². The number of nitrogens with one attached hydrogen (secondary N) is 1. The van der Waals surface area contributed by atoms with Crippen molar-refractivity contribution >= 4 is 27.4 Å². The van der Waals surface area contributed by atoms with Gasteiger partial charge >= 0.3 is 5.97 Å². The van der Waals surface area contributed by atoms with Gasteiger partial charge in [-0.05, 0) is 18.2 Å². The van der Waals surface area contributed by atoms with E-state index in [1.54, 1.807) is 6.92 Å². The number of hydrogen-bond donors (Lipinski definition) is 2. The lowest BCUT2D eigenvalue weighted by Crippen LogP contribution is -2.26. The smallest absolute Gasteiger partial charge is 0.337 e. The lowest BCUT2D eigenvalue weighted by Gasteiger charge is -2.12. The third-order valence-electron chi connectivity index (χ3n) is 2.82. The van der Waals surface area contributed by atoms with Gasteiger partial charge in [-0.1, -0.05) is 6.92 Å². The van der Waals surface area contributed by atoms with Crippen LogP contribution >= 0.6 is 0 Å². The second-order valence-electron chi connectivity index (χ2n) is 4.64. The Morgan fingerprint density at radius 1 is 1.33 bits per heavy atom. The lowest BCUT2D eigenvalue weighted by atomic mass is 10.1. The van der Waals surface area contributed by atoms with Crippen LogP contribution in [0.25, 0.3) is 0 Å². The first kappa shape index (κ1) is 17.1. The van der Waals surface area contributed by atoms with E-state index < -0.39 is 21.7 Å². The first-order valence-electron chi connectivity index (χ1n) is 6.13. The number of carbonyl (C=O) groups is 2. The topological polar surface area (TPSA) is 116 Å². The van der Waals surface area contributed by atoms with Gasteiger partial charge in [-0.2, -0.15) is 0 Å². The standard InChI is InChI=1S/C13H18N2O5S/c1-8(7-14)12(16)15-10-4-9(13(17)20-2)5-11(6-10)21(3,18)19/h4-6,8H,7,14H2,1-3H3,(H,15,16). The van der Waals surface area contributed by atoms with Gasteiger partial charge in [0.25, 0.3) is 0 Å². The minimum Gasteiger partial charge on any atom is -0.465 e. The molecule has 0 aliphatic rings. The number of methoxy groups -OCH3 is 1. The van der Waals surface area contributed by atoms with Gasteiger partial charge in [0.15, 0.2) is 9.84 Å². The van der Waals surface area contributed by atoms with Crippen molar-refractivity contribution in [1.82, 2.24) is 0 Å². The molecule has 0 aromatic heterocycles. The third kappa shape index (κ3) is 4.54. The summed E-state index contributed by atoms with van der Waals surface area (Å²) >= 11 is 0. The van der Waals surface area contributed by atoms with E-state index in [0.717, 1.165) is 6.26 Å². The van der Waals surface area contributed by atoms with E-state index in [2.05, 4.69) is 10.1 Å². The van der Waals surface area contributed by atoms with Gasteiger partial charge < -0.3 is 15.8 Å². The minimum absolute atomic E-state index is 0.0381.